The van der Waals surface area contributed by atoms with E-state index in [4.69, 9.17) is 10.2 Å². The lowest BCUT2D eigenvalue weighted by Gasteiger charge is -2.05. The number of halogens is 3. The van der Waals surface area contributed by atoms with Crippen LogP contribution in [0.3, 0.4) is 0 Å². The smallest absolute Gasteiger partial charge is 0.417 e. The van der Waals surface area contributed by atoms with Crippen LogP contribution in [0.25, 0.3) is 11.1 Å². The lowest BCUT2D eigenvalue weighted by atomic mass is 10.3. The van der Waals surface area contributed by atoms with Gasteiger partial charge in [0.25, 0.3) is 5.22 Å². The van der Waals surface area contributed by atoms with E-state index in [1.54, 1.807) is 18.2 Å². The highest BCUT2D eigenvalue weighted by atomic mass is 32.2. The molecular weight excluding hydrogens is 303 g/mol. The zero-order valence-corrected chi connectivity index (χ0v) is 11.2. The van der Waals surface area contributed by atoms with E-state index < -0.39 is 11.7 Å². The van der Waals surface area contributed by atoms with Crippen LogP contribution in [0.4, 0.5) is 18.9 Å². The van der Waals surface area contributed by atoms with Gasteiger partial charge >= 0.3 is 6.18 Å². The summed E-state index contributed by atoms with van der Waals surface area (Å²) in [6, 6.07) is 7.26. The molecule has 0 amide bonds. The Hall–Kier alpha value is -2.22. The monoisotopic (exact) mass is 311 g/mol. The molecule has 0 bridgehead atoms. The number of oxazole rings is 1. The minimum atomic E-state index is -4.40. The van der Waals surface area contributed by atoms with Crippen molar-refractivity contribution in [2.75, 3.05) is 5.73 Å². The first-order valence-corrected chi connectivity index (χ1v) is 6.61. The van der Waals surface area contributed by atoms with Gasteiger partial charge in [0.1, 0.15) is 10.5 Å². The fourth-order valence-electron chi connectivity index (χ4n) is 1.66. The van der Waals surface area contributed by atoms with E-state index in [0.29, 0.717) is 27.0 Å². The summed E-state index contributed by atoms with van der Waals surface area (Å²) in [6.07, 6.45) is -3.62. The molecule has 2 aromatic heterocycles. The van der Waals surface area contributed by atoms with Crippen molar-refractivity contribution < 1.29 is 17.6 Å². The van der Waals surface area contributed by atoms with E-state index in [9.17, 15) is 13.2 Å². The molecule has 8 heteroatoms. The first-order chi connectivity index (χ1) is 9.91. The van der Waals surface area contributed by atoms with Gasteiger partial charge in [-0.2, -0.15) is 13.2 Å². The van der Waals surface area contributed by atoms with Crippen molar-refractivity contribution in [3.63, 3.8) is 0 Å². The molecule has 3 rings (SSSR count). The third-order valence-electron chi connectivity index (χ3n) is 2.65. The zero-order valence-electron chi connectivity index (χ0n) is 10.4. The number of nitrogens with zero attached hydrogens (tertiary/aromatic N) is 2. The van der Waals surface area contributed by atoms with E-state index in [1.807, 2.05) is 0 Å². The highest BCUT2D eigenvalue weighted by molar-refractivity contribution is 7.99. The van der Waals surface area contributed by atoms with Crippen LogP contribution in [0.2, 0.25) is 0 Å². The molecule has 0 spiro atoms. The van der Waals surface area contributed by atoms with Crippen LogP contribution < -0.4 is 5.73 Å². The van der Waals surface area contributed by atoms with Gasteiger partial charge in [-0.3, -0.25) is 0 Å². The van der Waals surface area contributed by atoms with Crippen LogP contribution in [0.15, 0.2) is 51.2 Å². The second-order valence-electron chi connectivity index (χ2n) is 4.19. The third kappa shape index (κ3) is 2.94. The topological polar surface area (TPSA) is 64.9 Å². The van der Waals surface area contributed by atoms with Gasteiger partial charge < -0.3 is 10.2 Å². The van der Waals surface area contributed by atoms with Crippen molar-refractivity contribution in [1.82, 2.24) is 9.97 Å². The standard InChI is InChI=1S/C13H8F3N3OS/c14-13(15,16)7-1-4-11(18-6-7)21-12-19-9-5-8(17)2-3-10(9)20-12/h1-6H,17H2. The molecule has 0 saturated heterocycles. The number of nitrogen functional groups attached to an aromatic ring is 1. The molecule has 4 nitrogen and oxygen atoms in total. The Morgan fingerprint density at radius 1 is 1.14 bits per heavy atom. The molecule has 2 heterocycles. The van der Waals surface area contributed by atoms with E-state index in [0.717, 1.165) is 24.0 Å². The van der Waals surface area contributed by atoms with E-state index in [-0.39, 0.29) is 0 Å². The van der Waals surface area contributed by atoms with Gasteiger partial charge in [-0.1, -0.05) is 0 Å². The Balaban J connectivity index is 1.84. The molecule has 3 aromatic rings. The molecule has 108 valence electrons. The molecule has 0 atom stereocenters. The number of pyridine rings is 1. The molecule has 0 fully saturated rings. The third-order valence-corrected chi connectivity index (χ3v) is 3.45. The fraction of sp³-hybridized carbons (Fsp3) is 0.0769. The second kappa shape index (κ2) is 4.96. The lowest BCUT2D eigenvalue weighted by Crippen LogP contribution is -2.04. The number of fused-ring (bicyclic) bond motifs is 1. The van der Waals surface area contributed by atoms with Crippen LogP contribution in [-0.4, -0.2) is 9.97 Å². The predicted octanol–water partition coefficient (Wildman–Crippen LogP) is 3.98. The van der Waals surface area contributed by atoms with Crippen LogP contribution >= 0.6 is 11.8 Å². The molecule has 0 aliphatic carbocycles. The Labute approximate surface area is 121 Å². The molecule has 0 radical (unpaired) electrons. The van der Waals surface area contributed by atoms with Crippen molar-refractivity contribution in [1.29, 1.82) is 0 Å². The second-order valence-corrected chi connectivity index (χ2v) is 5.16. The summed E-state index contributed by atoms with van der Waals surface area (Å²) in [7, 11) is 0. The minimum Gasteiger partial charge on any atom is -0.431 e. The Kier molecular flexibility index (Phi) is 3.25. The van der Waals surface area contributed by atoms with Crippen LogP contribution in [0, 0.1) is 0 Å². The summed E-state index contributed by atoms with van der Waals surface area (Å²) in [5.41, 5.74) is 6.54. The highest BCUT2D eigenvalue weighted by Gasteiger charge is 2.30. The van der Waals surface area contributed by atoms with E-state index in [1.165, 1.54) is 6.07 Å². The van der Waals surface area contributed by atoms with Crippen LogP contribution in [0.1, 0.15) is 5.56 Å². The van der Waals surface area contributed by atoms with Gasteiger partial charge in [0.05, 0.1) is 5.56 Å². The van der Waals surface area contributed by atoms with Gasteiger partial charge in [0, 0.05) is 11.9 Å². The quantitative estimate of drug-likeness (QED) is 0.725. The number of hydrogen-bond acceptors (Lipinski definition) is 5. The average molecular weight is 311 g/mol. The van der Waals surface area contributed by atoms with Gasteiger partial charge in [-0.25, -0.2) is 9.97 Å². The largest absolute Gasteiger partial charge is 0.431 e. The number of benzene rings is 1. The maximum Gasteiger partial charge on any atom is 0.417 e. The summed E-state index contributed by atoms with van der Waals surface area (Å²) in [5.74, 6) is 0. The summed E-state index contributed by atoms with van der Waals surface area (Å²) < 4.78 is 42.8. The Bertz CT molecular complexity index is 783. The number of rotatable bonds is 2. The number of hydrogen-bond donors (Lipinski definition) is 1. The minimum absolute atomic E-state index is 0.294. The number of aromatic nitrogens is 2. The van der Waals surface area contributed by atoms with Gasteiger partial charge in [-0.05, 0) is 42.1 Å². The highest BCUT2D eigenvalue weighted by Crippen LogP contribution is 2.32. The van der Waals surface area contributed by atoms with Crippen LogP contribution in [0.5, 0.6) is 0 Å². The van der Waals surface area contributed by atoms with E-state index >= 15 is 0 Å². The molecule has 0 saturated carbocycles. The van der Waals surface area contributed by atoms with E-state index in [2.05, 4.69) is 9.97 Å². The fourth-order valence-corrected chi connectivity index (χ4v) is 2.36. The van der Waals surface area contributed by atoms with Crippen molar-refractivity contribution in [2.45, 2.75) is 16.4 Å². The normalized spacial score (nSPS) is 12.0. The maximum atomic E-state index is 12.4. The molecule has 2 N–H and O–H groups in total. The van der Waals surface area contributed by atoms with Gasteiger partial charge in [0.2, 0.25) is 0 Å². The molecule has 1 aromatic carbocycles. The molecule has 0 unspecified atom stereocenters. The van der Waals surface area contributed by atoms with Crippen LogP contribution in [-0.2, 0) is 6.18 Å². The number of anilines is 1. The van der Waals surface area contributed by atoms with Crippen molar-refractivity contribution in [3.8, 4) is 0 Å². The van der Waals surface area contributed by atoms with Crippen molar-refractivity contribution in [3.05, 3.63) is 42.1 Å². The number of alkyl halides is 3. The molecule has 0 aliphatic heterocycles. The lowest BCUT2D eigenvalue weighted by molar-refractivity contribution is -0.137. The van der Waals surface area contributed by atoms with Crippen molar-refractivity contribution >= 4 is 28.5 Å². The Morgan fingerprint density at radius 2 is 1.95 bits per heavy atom. The number of nitrogens with two attached hydrogens (primary N) is 1. The molecular formula is C13H8F3N3OS. The molecule has 21 heavy (non-hydrogen) atoms. The summed E-state index contributed by atoms with van der Waals surface area (Å²) in [4.78, 5) is 7.94. The Morgan fingerprint density at radius 3 is 2.62 bits per heavy atom. The summed E-state index contributed by atoms with van der Waals surface area (Å²) in [6.45, 7) is 0. The molecule has 0 aliphatic rings. The summed E-state index contributed by atoms with van der Waals surface area (Å²) in [5, 5.41) is 0.658. The SMILES string of the molecule is Nc1ccc2oc(Sc3ccc(C(F)(F)F)cn3)nc2c1. The average Bonchev–Trinajstić information content (AvgIpc) is 2.79. The van der Waals surface area contributed by atoms with Gasteiger partial charge in [0.15, 0.2) is 5.58 Å². The first kappa shape index (κ1) is 13.7. The zero-order chi connectivity index (χ0) is 15.0. The van der Waals surface area contributed by atoms with Gasteiger partial charge in [-0.15, -0.1) is 0 Å². The summed E-state index contributed by atoms with van der Waals surface area (Å²) >= 11 is 1.04. The first-order valence-electron chi connectivity index (χ1n) is 5.79. The van der Waals surface area contributed by atoms with Crippen molar-refractivity contribution in [2.24, 2.45) is 0 Å². The predicted molar refractivity (Wildman–Crippen MR) is 71.8 cm³/mol. The maximum absolute atomic E-state index is 12.4.